The molecule has 3 atom stereocenters. The molecule has 0 radical (unpaired) electrons. The molecule has 3 unspecified atom stereocenters. The number of hydrogen-bond donors (Lipinski definition) is 1. The standard InChI is InChI=1S/C6H11NO3S2/c1-4-7(12(2)10)5(3-11-4)6(8)9/h4-5H,3H2,1-2H3,(H,8,9). The van der Waals surface area contributed by atoms with Gasteiger partial charge in [0.05, 0.1) is 16.4 Å². The van der Waals surface area contributed by atoms with Gasteiger partial charge in [0, 0.05) is 12.0 Å². The van der Waals surface area contributed by atoms with Crippen molar-refractivity contribution in [3.8, 4) is 0 Å². The van der Waals surface area contributed by atoms with Crippen LogP contribution in [-0.2, 0) is 15.8 Å². The number of hydrogen-bond acceptors (Lipinski definition) is 3. The van der Waals surface area contributed by atoms with Crippen LogP contribution in [0.15, 0.2) is 0 Å². The SMILES string of the molecule is CC1SCC(C(=O)O)N1S(C)=O. The van der Waals surface area contributed by atoms with Crippen molar-refractivity contribution in [2.45, 2.75) is 18.3 Å². The highest BCUT2D eigenvalue weighted by Gasteiger charge is 2.38. The van der Waals surface area contributed by atoms with Crippen molar-refractivity contribution in [1.82, 2.24) is 4.31 Å². The molecule has 0 aromatic rings. The molecule has 1 aliphatic heterocycles. The molecule has 1 rings (SSSR count). The van der Waals surface area contributed by atoms with Crippen LogP contribution in [-0.4, -0.2) is 43.0 Å². The van der Waals surface area contributed by atoms with E-state index in [1.165, 1.54) is 22.3 Å². The van der Waals surface area contributed by atoms with Crippen LogP contribution in [0.3, 0.4) is 0 Å². The monoisotopic (exact) mass is 209 g/mol. The van der Waals surface area contributed by atoms with Gasteiger partial charge in [-0.25, -0.2) is 4.21 Å². The fourth-order valence-corrected chi connectivity index (χ4v) is 3.84. The number of rotatable bonds is 2. The van der Waals surface area contributed by atoms with E-state index in [-0.39, 0.29) is 5.37 Å². The fraction of sp³-hybridized carbons (Fsp3) is 0.833. The second-order valence-electron chi connectivity index (χ2n) is 2.57. The zero-order valence-electron chi connectivity index (χ0n) is 6.89. The van der Waals surface area contributed by atoms with E-state index >= 15 is 0 Å². The van der Waals surface area contributed by atoms with Gasteiger partial charge >= 0.3 is 5.97 Å². The Balaban J connectivity index is 2.77. The maximum Gasteiger partial charge on any atom is 0.322 e. The van der Waals surface area contributed by atoms with Gasteiger partial charge in [-0.15, -0.1) is 11.8 Å². The molecule has 0 bridgehead atoms. The van der Waals surface area contributed by atoms with E-state index in [1.807, 2.05) is 6.92 Å². The molecule has 0 amide bonds. The molecule has 0 spiro atoms. The summed E-state index contributed by atoms with van der Waals surface area (Å²) in [6.07, 6.45) is 1.51. The predicted octanol–water partition coefficient (Wildman–Crippen LogP) is 0.128. The quantitative estimate of drug-likeness (QED) is 0.702. The van der Waals surface area contributed by atoms with E-state index in [4.69, 9.17) is 5.11 Å². The summed E-state index contributed by atoms with van der Waals surface area (Å²) < 4.78 is 12.7. The average molecular weight is 209 g/mol. The second-order valence-corrected chi connectivity index (χ2v) is 5.19. The first-order chi connectivity index (χ1) is 5.54. The van der Waals surface area contributed by atoms with Crippen molar-refractivity contribution in [3.63, 3.8) is 0 Å². The van der Waals surface area contributed by atoms with Crippen LogP contribution in [0.5, 0.6) is 0 Å². The largest absolute Gasteiger partial charge is 0.480 e. The molecule has 0 aromatic carbocycles. The zero-order chi connectivity index (χ0) is 9.30. The molecule has 1 aliphatic rings. The van der Waals surface area contributed by atoms with E-state index in [1.54, 1.807) is 0 Å². The summed E-state index contributed by atoms with van der Waals surface area (Å²) in [7, 11) is -1.19. The van der Waals surface area contributed by atoms with Crippen LogP contribution in [0.4, 0.5) is 0 Å². The van der Waals surface area contributed by atoms with Gasteiger partial charge in [-0.3, -0.25) is 4.79 Å². The Labute approximate surface area is 77.9 Å². The summed E-state index contributed by atoms with van der Waals surface area (Å²) in [4.78, 5) is 10.7. The molecule has 1 fully saturated rings. The molecule has 6 heteroatoms. The van der Waals surface area contributed by atoms with Crippen LogP contribution in [0.2, 0.25) is 0 Å². The minimum atomic E-state index is -1.19. The maximum atomic E-state index is 11.1. The summed E-state index contributed by atoms with van der Waals surface area (Å²) in [6.45, 7) is 1.87. The highest BCUT2D eigenvalue weighted by molar-refractivity contribution is 8.00. The zero-order valence-corrected chi connectivity index (χ0v) is 8.52. The number of aliphatic carboxylic acids is 1. The molecule has 12 heavy (non-hydrogen) atoms. The Morgan fingerprint density at radius 2 is 2.33 bits per heavy atom. The Hall–Kier alpha value is -0.0700. The van der Waals surface area contributed by atoms with Crippen molar-refractivity contribution in [1.29, 1.82) is 0 Å². The van der Waals surface area contributed by atoms with Gasteiger partial charge < -0.3 is 5.11 Å². The number of carboxylic acids is 1. The van der Waals surface area contributed by atoms with Crippen LogP contribution < -0.4 is 0 Å². The molecule has 1 N–H and O–H groups in total. The summed E-state index contributed by atoms with van der Waals surface area (Å²) in [5.41, 5.74) is 0. The van der Waals surface area contributed by atoms with E-state index in [9.17, 15) is 9.00 Å². The topological polar surface area (TPSA) is 57.6 Å². The van der Waals surface area contributed by atoms with Gasteiger partial charge in [-0.2, -0.15) is 4.31 Å². The first-order valence-electron chi connectivity index (χ1n) is 3.50. The number of carbonyl (C=O) groups is 1. The smallest absolute Gasteiger partial charge is 0.322 e. The van der Waals surface area contributed by atoms with Crippen LogP contribution in [0, 0.1) is 0 Å². The van der Waals surface area contributed by atoms with Crippen LogP contribution in [0.1, 0.15) is 6.92 Å². The van der Waals surface area contributed by atoms with Crippen molar-refractivity contribution < 1.29 is 14.1 Å². The van der Waals surface area contributed by atoms with E-state index in [2.05, 4.69) is 0 Å². The van der Waals surface area contributed by atoms with Gasteiger partial charge in [0.2, 0.25) is 0 Å². The Morgan fingerprint density at radius 3 is 2.67 bits per heavy atom. The summed E-state index contributed by atoms with van der Waals surface area (Å²) in [5.74, 6) is -0.363. The molecule has 0 aliphatic carbocycles. The fourth-order valence-electron chi connectivity index (χ4n) is 1.20. The summed E-state index contributed by atoms with van der Waals surface area (Å²) >= 11 is 1.52. The first-order valence-corrected chi connectivity index (χ1v) is 6.06. The Bertz CT molecular complexity index is 221. The van der Waals surface area contributed by atoms with Gasteiger partial charge in [-0.1, -0.05) is 0 Å². The molecule has 70 valence electrons. The molecule has 4 nitrogen and oxygen atoms in total. The third kappa shape index (κ3) is 1.81. The van der Waals surface area contributed by atoms with Crippen LogP contribution in [0.25, 0.3) is 0 Å². The third-order valence-corrected chi connectivity index (χ3v) is 4.26. The second kappa shape index (κ2) is 3.76. The van der Waals surface area contributed by atoms with E-state index < -0.39 is 23.0 Å². The Morgan fingerprint density at radius 1 is 1.75 bits per heavy atom. The van der Waals surface area contributed by atoms with Crippen LogP contribution >= 0.6 is 11.8 Å². The predicted molar refractivity (Wildman–Crippen MR) is 49.2 cm³/mol. The lowest BCUT2D eigenvalue weighted by Gasteiger charge is -2.20. The number of thioether (sulfide) groups is 1. The number of nitrogens with zero attached hydrogens (tertiary/aromatic N) is 1. The first kappa shape index (κ1) is 10.0. The van der Waals surface area contributed by atoms with E-state index in [0.717, 1.165) is 0 Å². The summed E-state index contributed by atoms with van der Waals surface area (Å²) in [6, 6.07) is -0.587. The Kier molecular flexibility index (Phi) is 3.14. The van der Waals surface area contributed by atoms with Crippen molar-refractivity contribution >= 4 is 28.7 Å². The summed E-state index contributed by atoms with van der Waals surface area (Å²) in [5, 5.41) is 8.80. The van der Waals surface area contributed by atoms with Crippen molar-refractivity contribution in [3.05, 3.63) is 0 Å². The third-order valence-electron chi connectivity index (χ3n) is 1.74. The van der Waals surface area contributed by atoms with Crippen molar-refractivity contribution in [2.75, 3.05) is 12.0 Å². The highest BCUT2D eigenvalue weighted by atomic mass is 32.2. The van der Waals surface area contributed by atoms with E-state index in [0.29, 0.717) is 5.75 Å². The van der Waals surface area contributed by atoms with Gasteiger partial charge in [0.15, 0.2) is 0 Å². The minimum absolute atomic E-state index is 0.0388. The molecule has 1 saturated heterocycles. The lowest BCUT2D eigenvalue weighted by molar-refractivity contribution is -0.140. The molecular weight excluding hydrogens is 198 g/mol. The van der Waals surface area contributed by atoms with Gasteiger partial charge in [-0.05, 0) is 6.92 Å². The molecule has 1 heterocycles. The van der Waals surface area contributed by atoms with Crippen molar-refractivity contribution in [2.24, 2.45) is 0 Å². The van der Waals surface area contributed by atoms with Gasteiger partial charge in [0.1, 0.15) is 6.04 Å². The number of carboxylic acid groups (broad SMARTS) is 1. The lowest BCUT2D eigenvalue weighted by atomic mass is 10.3. The highest BCUT2D eigenvalue weighted by Crippen LogP contribution is 2.29. The normalized spacial score (nSPS) is 33.5. The average Bonchev–Trinajstić information content (AvgIpc) is 2.30. The lowest BCUT2D eigenvalue weighted by Crippen LogP contribution is -2.41. The molecule has 0 saturated carbocycles. The van der Waals surface area contributed by atoms with Gasteiger partial charge in [0.25, 0.3) is 0 Å². The molecule has 0 aromatic heterocycles. The molecular formula is C6H11NO3S2. The maximum absolute atomic E-state index is 11.1. The minimum Gasteiger partial charge on any atom is -0.480 e.